The van der Waals surface area contributed by atoms with Gasteiger partial charge in [-0.1, -0.05) is 48.0 Å². The minimum Gasteiger partial charge on any atom is -0.351 e. The van der Waals surface area contributed by atoms with Gasteiger partial charge in [0.15, 0.2) is 5.82 Å². The summed E-state index contributed by atoms with van der Waals surface area (Å²) in [4.78, 5) is 3.49. The quantitative estimate of drug-likeness (QED) is 0.740. The van der Waals surface area contributed by atoms with Gasteiger partial charge >= 0.3 is 0 Å². The Morgan fingerprint density at radius 3 is 2.50 bits per heavy atom. The molecule has 2 aromatic carbocycles. The molecule has 0 spiro atoms. The van der Waals surface area contributed by atoms with Crippen molar-refractivity contribution in [2.45, 2.75) is 20.4 Å². The maximum Gasteiger partial charge on any atom is 0.207 e. The number of aryl methyl sites for hydroxylation is 2. The summed E-state index contributed by atoms with van der Waals surface area (Å²) >= 11 is 0. The maximum absolute atomic E-state index is 9.41. The van der Waals surface area contributed by atoms with Crippen molar-refractivity contribution in [1.29, 1.82) is 5.26 Å². The van der Waals surface area contributed by atoms with Crippen molar-refractivity contribution >= 4 is 5.82 Å². The van der Waals surface area contributed by atoms with E-state index in [2.05, 4.69) is 34.5 Å². The second-order valence-corrected chi connectivity index (χ2v) is 5.91. The molecule has 0 aliphatic heterocycles. The Labute approximate surface area is 141 Å². The Hall–Kier alpha value is -3.13. The first-order chi connectivity index (χ1) is 11.6. The SMILES string of the molecule is Cc1ccc(-n2nc(C#N)c(N(C)Cc3ccccc3)n2)c(C)c1. The molecule has 0 N–H and O–H groups in total. The van der Waals surface area contributed by atoms with Gasteiger partial charge in [-0.15, -0.1) is 15.0 Å². The van der Waals surface area contributed by atoms with Crippen molar-refractivity contribution in [3.8, 4) is 11.8 Å². The van der Waals surface area contributed by atoms with Crippen molar-refractivity contribution in [2.75, 3.05) is 11.9 Å². The van der Waals surface area contributed by atoms with Crippen LogP contribution in [0.15, 0.2) is 48.5 Å². The predicted octanol–water partition coefficient (Wildman–Crippen LogP) is 3.39. The number of rotatable bonds is 4. The number of hydrogen-bond acceptors (Lipinski definition) is 4. The zero-order valence-corrected chi connectivity index (χ0v) is 14.1. The van der Waals surface area contributed by atoms with Gasteiger partial charge < -0.3 is 4.90 Å². The highest BCUT2D eigenvalue weighted by molar-refractivity contribution is 5.51. The van der Waals surface area contributed by atoms with E-state index in [1.165, 1.54) is 5.56 Å². The maximum atomic E-state index is 9.41. The van der Waals surface area contributed by atoms with Crippen LogP contribution in [-0.4, -0.2) is 22.0 Å². The number of nitriles is 1. The fraction of sp³-hybridized carbons (Fsp3) is 0.211. The van der Waals surface area contributed by atoms with Crippen molar-refractivity contribution < 1.29 is 0 Å². The molecule has 0 saturated carbocycles. The molecule has 120 valence electrons. The lowest BCUT2D eigenvalue weighted by atomic mass is 10.1. The first kappa shape index (κ1) is 15.8. The van der Waals surface area contributed by atoms with Crippen molar-refractivity contribution in [2.24, 2.45) is 0 Å². The van der Waals surface area contributed by atoms with E-state index < -0.39 is 0 Å². The summed E-state index contributed by atoms with van der Waals surface area (Å²) in [6.45, 7) is 4.74. The molecule has 5 heteroatoms. The fourth-order valence-electron chi connectivity index (χ4n) is 2.70. The Morgan fingerprint density at radius 2 is 1.83 bits per heavy atom. The molecule has 0 amide bonds. The summed E-state index contributed by atoms with van der Waals surface area (Å²) < 4.78 is 0. The standard InChI is InChI=1S/C19H19N5/c1-14-9-10-18(15(2)11-14)24-21-17(12-20)19(22-24)23(3)13-16-7-5-4-6-8-16/h4-11H,13H2,1-3H3. The summed E-state index contributed by atoms with van der Waals surface area (Å²) in [5, 5.41) is 18.3. The second-order valence-electron chi connectivity index (χ2n) is 5.91. The van der Waals surface area contributed by atoms with Gasteiger partial charge in [0.2, 0.25) is 5.69 Å². The van der Waals surface area contributed by atoms with Crippen molar-refractivity contribution in [3.05, 3.63) is 70.9 Å². The summed E-state index contributed by atoms with van der Waals surface area (Å²) in [6.07, 6.45) is 0. The molecule has 1 heterocycles. The molecule has 0 radical (unpaired) electrons. The number of anilines is 1. The van der Waals surface area contributed by atoms with Crippen LogP contribution in [0.5, 0.6) is 0 Å². The number of aromatic nitrogens is 3. The van der Waals surface area contributed by atoms with Gasteiger partial charge in [-0.05, 0) is 31.0 Å². The minimum atomic E-state index is 0.327. The minimum absolute atomic E-state index is 0.327. The van der Waals surface area contributed by atoms with Crippen LogP contribution in [0.3, 0.4) is 0 Å². The third kappa shape index (κ3) is 3.13. The van der Waals surface area contributed by atoms with Gasteiger partial charge in [0.05, 0.1) is 5.69 Å². The Balaban J connectivity index is 1.94. The molecule has 0 bridgehead atoms. The van der Waals surface area contributed by atoms with Crippen LogP contribution in [0, 0.1) is 25.2 Å². The van der Waals surface area contributed by atoms with Crippen molar-refractivity contribution in [1.82, 2.24) is 15.0 Å². The van der Waals surface area contributed by atoms with E-state index in [0.717, 1.165) is 16.8 Å². The van der Waals surface area contributed by atoms with Crippen LogP contribution in [0.2, 0.25) is 0 Å². The second kappa shape index (κ2) is 6.55. The molecule has 3 aromatic rings. The molecule has 3 rings (SSSR count). The monoisotopic (exact) mass is 317 g/mol. The van der Waals surface area contributed by atoms with Crippen LogP contribution < -0.4 is 4.90 Å². The fourth-order valence-corrected chi connectivity index (χ4v) is 2.70. The van der Waals surface area contributed by atoms with E-state index in [1.54, 1.807) is 4.80 Å². The van der Waals surface area contributed by atoms with Crippen LogP contribution in [-0.2, 0) is 6.54 Å². The zero-order chi connectivity index (χ0) is 17.1. The van der Waals surface area contributed by atoms with E-state index in [-0.39, 0.29) is 0 Å². The number of nitrogens with zero attached hydrogens (tertiary/aromatic N) is 5. The molecule has 0 aliphatic carbocycles. The summed E-state index contributed by atoms with van der Waals surface area (Å²) in [6, 6.07) is 18.3. The molecule has 0 fully saturated rings. The number of hydrogen-bond donors (Lipinski definition) is 0. The van der Waals surface area contributed by atoms with Gasteiger partial charge in [-0.3, -0.25) is 0 Å². The van der Waals surface area contributed by atoms with Gasteiger partial charge in [-0.2, -0.15) is 5.26 Å². The smallest absolute Gasteiger partial charge is 0.207 e. The van der Waals surface area contributed by atoms with Crippen molar-refractivity contribution in [3.63, 3.8) is 0 Å². The molecule has 0 unspecified atom stereocenters. The molecular weight excluding hydrogens is 298 g/mol. The first-order valence-corrected chi connectivity index (χ1v) is 7.78. The first-order valence-electron chi connectivity index (χ1n) is 7.78. The van der Waals surface area contributed by atoms with Gasteiger partial charge in [0.25, 0.3) is 0 Å². The highest BCUT2D eigenvalue weighted by Crippen LogP contribution is 2.20. The van der Waals surface area contributed by atoms with Crippen LogP contribution in [0.1, 0.15) is 22.4 Å². The topological polar surface area (TPSA) is 57.7 Å². The van der Waals surface area contributed by atoms with Gasteiger partial charge in [-0.25, -0.2) is 0 Å². The van der Waals surface area contributed by atoms with E-state index in [9.17, 15) is 5.26 Å². The van der Waals surface area contributed by atoms with Crippen LogP contribution in [0.25, 0.3) is 5.69 Å². The summed E-state index contributed by atoms with van der Waals surface area (Å²) in [7, 11) is 1.92. The highest BCUT2D eigenvalue weighted by atomic mass is 15.5. The summed E-state index contributed by atoms with van der Waals surface area (Å²) in [5.41, 5.74) is 4.63. The lowest BCUT2D eigenvalue weighted by Gasteiger charge is -2.16. The number of benzene rings is 2. The zero-order valence-electron chi connectivity index (χ0n) is 14.1. The third-order valence-electron chi connectivity index (χ3n) is 3.89. The normalized spacial score (nSPS) is 10.4. The Morgan fingerprint density at radius 1 is 1.08 bits per heavy atom. The van der Waals surface area contributed by atoms with E-state index >= 15 is 0 Å². The average molecular weight is 317 g/mol. The molecule has 1 aromatic heterocycles. The highest BCUT2D eigenvalue weighted by Gasteiger charge is 2.17. The lowest BCUT2D eigenvalue weighted by Crippen LogP contribution is -2.18. The molecule has 0 atom stereocenters. The molecule has 0 aliphatic rings. The molecular formula is C19H19N5. The Kier molecular flexibility index (Phi) is 4.30. The molecule has 24 heavy (non-hydrogen) atoms. The largest absolute Gasteiger partial charge is 0.351 e. The van der Waals surface area contributed by atoms with E-state index in [1.807, 2.05) is 56.1 Å². The van der Waals surface area contributed by atoms with Crippen LogP contribution in [0.4, 0.5) is 5.82 Å². The Bertz CT molecular complexity index is 890. The van der Waals surface area contributed by atoms with Gasteiger partial charge in [0.1, 0.15) is 6.07 Å². The van der Waals surface area contributed by atoms with Gasteiger partial charge in [0, 0.05) is 13.6 Å². The molecule has 0 saturated heterocycles. The third-order valence-corrected chi connectivity index (χ3v) is 3.89. The van der Waals surface area contributed by atoms with E-state index in [0.29, 0.717) is 18.1 Å². The predicted molar refractivity (Wildman–Crippen MR) is 94.1 cm³/mol. The summed E-state index contributed by atoms with van der Waals surface area (Å²) in [5.74, 6) is 0.585. The molecule has 5 nitrogen and oxygen atoms in total. The average Bonchev–Trinajstić information content (AvgIpc) is 3.00. The van der Waals surface area contributed by atoms with E-state index in [4.69, 9.17) is 0 Å². The van der Waals surface area contributed by atoms with Crippen LogP contribution >= 0.6 is 0 Å². The lowest BCUT2D eigenvalue weighted by molar-refractivity contribution is 0.737.